The van der Waals surface area contributed by atoms with Crippen molar-refractivity contribution >= 4 is 40.3 Å². The van der Waals surface area contributed by atoms with Crippen LogP contribution in [-0.4, -0.2) is 46.1 Å². The Hall–Kier alpha value is -4.37. The van der Waals surface area contributed by atoms with Gasteiger partial charge in [0.2, 0.25) is 0 Å². The first-order valence-electron chi connectivity index (χ1n) is 12.7. The Morgan fingerprint density at radius 3 is 2.48 bits per heavy atom. The van der Waals surface area contributed by atoms with Crippen LogP contribution in [0.2, 0.25) is 5.02 Å². The molecule has 3 N–H and O–H groups in total. The molecule has 0 aliphatic rings. The van der Waals surface area contributed by atoms with E-state index in [1.54, 1.807) is 25.2 Å². The van der Waals surface area contributed by atoms with Crippen molar-refractivity contribution < 1.29 is 19.1 Å². The highest BCUT2D eigenvalue weighted by molar-refractivity contribution is 6.30. The van der Waals surface area contributed by atoms with Gasteiger partial charge in [0.15, 0.2) is 0 Å². The average molecular weight is 562 g/mol. The summed E-state index contributed by atoms with van der Waals surface area (Å²) in [5, 5.41) is 4.50. The minimum Gasteiger partial charge on any atom is -0.489 e. The molecule has 0 bridgehead atoms. The zero-order valence-corrected chi connectivity index (χ0v) is 23.6. The van der Waals surface area contributed by atoms with Crippen molar-refractivity contribution in [3.63, 3.8) is 0 Å². The van der Waals surface area contributed by atoms with Crippen molar-refractivity contribution in [3.8, 4) is 5.75 Å². The third kappa shape index (κ3) is 7.39. The molecule has 0 saturated carbocycles. The van der Waals surface area contributed by atoms with Crippen molar-refractivity contribution in [2.24, 2.45) is 5.73 Å². The number of halogens is 1. The van der Waals surface area contributed by atoms with Crippen LogP contribution >= 0.6 is 11.6 Å². The molecule has 1 heterocycles. The Morgan fingerprint density at radius 2 is 1.80 bits per heavy atom. The number of hydrogen-bond donors (Lipinski definition) is 2. The Balaban J connectivity index is 1.71. The summed E-state index contributed by atoms with van der Waals surface area (Å²) in [7, 11) is 1.66. The fourth-order valence-corrected chi connectivity index (χ4v) is 4.28. The number of carbonyl (C=O) groups is 2. The van der Waals surface area contributed by atoms with Crippen LogP contribution in [0.1, 0.15) is 48.3 Å². The predicted octanol–water partition coefficient (Wildman–Crippen LogP) is 5.98. The molecule has 0 radical (unpaired) electrons. The Labute approximate surface area is 238 Å². The number of likely N-dealkylation sites (N-methyl/N-ethyl adjacent to an activating group) is 1. The number of ether oxygens (including phenoxy) is 2. The molecule has 4 aromatic rings. The highest BCUT2D eigenvalue weighted by Gasteiger charge is 2.24. The number of nitrogens with two attached hydrogens (primary N) is 1. The van der Waals surface area contributed by atoms with Crippen LogP contribution in [0.5, 0.6) is 5.75 Å². The van der Waals surface area contributed by atoms with Gasteiger partial charge in [0, 0.05) is 24.0 Å². The van der Waals surface area contributed by atoms with Crippen molar-refractivity contribution in [3.05, 3.63) is 94.8 Å². The maximum absolute atomic E-state index is 12.8. The largest absolute Gasteiger partial charge is 0.489 e. The van der Waals surface area contributed by atoms with E-state index >= 15 is 0 Å². The Bertz CT molecular complexity index is 1510. The average Bonchev–Trinajstić information content (AvgIpc) is 2.90. The van der Waals surface area contributed by atoms with Crippen LogP contribution in [0.15, 0.2) is 73.1 Å². The molecule has 0 aliphatic heterocycles. The molecular weight excluding hydrogens is 530 g/mol. The van der Waals surface area contributed by atoms with E-state index in [2.05, 4.69) is 15.3 Å². The van der Waals surface area contributed by atoms with E-state index in [-0.39, 0.29) is 12.1 Å². The van der Waals surface area contributed by atoms with Gasteiger partial charge in [-0.1, -0.05) is 54.1 Å². The summed E-state index contributed by atoms with van der Waals surface area (Å²) in [6.07, 6.45) is 0.885. The number of hydrogen-bond acceptors (Lipinski definition) is 7. The van der Waals surface area contributed by atoms with Crippen LogP contribution in [0.3, 0.4) is 0 Å². The molecule has 0 spiro atoms. The van der Waals surface area contributed by atoms with Gasteiger partial charge >= 0.3 is 6.09 Å². The number of anilines is 1. The molecule has 9 nitrogen and oxygen atoms in total. The fourth-order valence-electron chi connectivity index (χ4n) is 4.08. The summed E-state index contributed by atoms with van der Waals surface area (Å²) in [5.41, 5.74) is 7.44. The van der Waals surface area contributed by atoms with Gasteiger partial charge in [-0.25, -0.2) is 14.8 Å². The number of primary amides is 1. The molecule has 1 atom stereocenters. The second-order valence-electron chi connectivity index (χ2n) is 10.3. The lowest BCUT2D eigenvalue weighted by Gasteiger charge is -2.29. The van der Waals surface area contributed by atoms with Crippen molar-refractivity contribution in [2.75, 3.05) is 18.9 Å². The van der Waals surface area contributed by atoms with Gasteiger partial charge < -0.3 is 25.4 Å². The van der Waals surface area contributed by atoms with E-state index in [9.17, 15) is 9.59 Å². The number of fused-ring (bicyclic) bond motifs is 1. The normalized spacial score (nSPS) is 12.0. The van der Waals surface area contributed by atoms with Crippen molar-refractivity contribution in [1.82, 2.24) is 14.9 Å². The van der Waals surface area contributed by atoms with E-state index in [4.69, 9.17) is 26.8 Å². The van der Waals surface area contributed by atoms with Crippen molar-refractivity contribution in [1.29, 1.82) is 0 Å². The summed E-state index contributed by atoms with van der Waals surface area (Å²) in [4.78, 5) is 35.4. The molecule has 208 valence electrons. The van der Waals surface area contributed by atoms with Crippen LogP contribution in [0.4, 0.5) is 10.6 Å². The molecule has 10 heteroatoms. The standard InChI is InChI=1S/C30H32ClN5O4/c1-30(2,3)40-29(38)36(4)16-25(20-11-8-12-21(31)13-20)35-28-24-15-22(39-17-19-9-6-5-7-10-19)14-23(27(32)37)26(24)33-18-34-28/h5-15,18,25H,16-17H2,1-4H3,(H2,32,37)(H,33,34,35). The number of aromatic nitrogens is 2. The molecule has 0 aliphatic carbocycles. The first-order chi connectivity index (χ1) is 19.0. The minimum atomic E-state index is -0.644. The maximum Gasteiger partial charge on any atom is 0.410 e. The first-order valence-corrected chi connectivity index (χ1v) is 13.1. The second kappa shape index (κ2) is 12.2. The third-order valence-corrected chi connectivity index (χ3v) is 6.18. The van der Waals surface area contributed by atoms with Gasteiger partial charge in [-0.3, -0.25) is 4.79 Å². The summed E-state index contributed by atoms with van der Waals surface area (Å²) < 4.78 is 11.6. The quantitative estimate of drug-likeness (QED) is 0.258. The zero-order valence-electron chi connectivity index (χ0n) is 22.8. The molecule has 1 aromatic heterocycles. The van der Waals surface area contributed by atoms with E-state index in [1.165, 1.54) is 11.2 Å². The number of nitrogens with one attached hydrogen (secondary N) is 1. The first kappa shape index (κ1) is 28.6. The topological polar surface area (TPSA) is 120 Å². The van der Waals surface area contributed by atoms with Gasteiger partial charge in [0.1, 0.15) is 30.1 Å². The summed E-state index contributed by atoms with van der Waals surface area (Å²) >= 11 is 6.31. The van der Waals surface area contributed by atoms with Gasteiger partial charge in [-0.15, -0.1) is 0 Å². The SMILES string of the molecule is CN(CC(Nc1ncnc2c(C(N)=O)cc(OCc3ccccc3)cc12)c1cccc(Cl)c1)C(=O)OC(C)(C)C. The number of nitrogens with zero attached hydrogens (tertiary/aromatic N) is 3. The Kier molecular flexibility index (Phi) is 8.74. The second-order valence-corrected chi connectivity index (χ2v) is 10.8. The van der Waals surface area contributed by atoms with E-state index in [0.717, 1.165) is 11.1 Å². The highest BCUT2D eigenvalue weighted by atomic mass is 35.5. The van der Waals surface area contributed by atoms with Gasteiger partial charge in [0.05, 0.1) is 17.1 Å². The molecule has 1 unspecified atom stereocenters. The lowest BCUT2D eigenvalue weighted by Crippen LogP contribution is -2.38. The van der Waals surface area contributed by atoms with Crippen LogP contribution < -0.4 is 15.8 Å². The predicted molar refractivity (Wildman–Crippen MR) is 156 cm³/mol. The molecule has 0 fully saturated rings. The molecule has 0 saturated heterocycles. The van der Waals surface area contributed by atoms with E-state index < -0.39 is 23.6 Å². The smallest absolute Gasteiger partial charge is 0.410 e. The summed E-state index contributed by atoms with van der Waals surface area (Å²) in [5.74, 6) is 0.226. The van der Waals surface area contributed by atoms with Crippen LogP contribution in [0, 0.1) is 0 Å². The van der Waals surface area contributed by atoms with E-state index in [1.807, 2.05) is 69.3 Å². The van der Waals surface area contributed by atoms with Crippen molar-refractivity contribution in [2.45, 2.75) is 39.0 Å². The lowest BCUT2D eigenvalue weighted by molar-refractivity contribution is 0.0292. The molecule has 40 heavy (non-hydrogen) atoms. The molecule has 2 amide bonds. The molecule has 3 aromatic carbocycles. The van der Waals surface area contributed by atoms with Crippen LogP contribution in [-0.2, 0) is 11.3 Å². The highest BCUT2D eigenvalue weighted by Crippen LogP contribution is 2.31. The summed E-state index contributed by atoms with van der Waals surface area (Å²) in [6, 6.07) is 19.9. The van der Waals surface area contributed by atoms with Gasteiger partial charge in [0.25, 0.3) is 5.91 Å². The zero-order chi connectivity index (χ0) is 28.9. The maximum atomic E-state index is 12.8. The molecule has 4 rings (SSSR count). The van der Waals surface area contributed by atoms with Crippen LogP contribution in [0.25, 0.3) is 10.9 Å². The number of amides is 2. The number of benzene rings is 3. The third-order valence-electron chi connectivity index (χ3n) is 5.95. The molecular formula is C30H32ClN5O4. The minimum absolute atomic E-state index is 0.205. The van der Waals surface area contributed by atoms with E-state index in [0.29, 0.717) is 34.1 Å². The Morgan fingerprint density at radius 1 is 1.05 bits per heavy atom. The summed E-state index contributed by atoms with van der Waals surface area (Å²) in [6.45, 7) is 5.96. The fraction of sp³-hybridized carbons (Fsp3) is 0.267. The number of carbonyl (C=O) groups excluding carboxylic acids is 2. The van der Waals surface area contributed by atoms with Gasteiger partial charge in [-0.2, -0.15) is 0 Å². The lowest BCUT2D eigenvalue weighted by atomic mass is 10.0. The van der Waals surface area contributed by atoms with Gasteiger partial charge in [-0.05, 0) is 56.2 Å². The monoisotopic (exact) mass is 561 g/mol. The number of rotatable bonds is 9.